The van der Waals surface area contributed by atoms with E-state index in [0.29, 0.717) is 11.4 Å². The molecule has 2 rings (SSSR count). The zero-order chi connectivity index (χ0) is 13.1. The van der Waals surface area contributed by atoms with Crippen molar-refractivity contribution in [1.82, 2.24) is 5.16 Å². The zero-order valence-electron chi connectivity index (χ0n) is 9.61. The maximum absolute atomic E-state index is 13.5. The Hall–Kier alpha value is -2.37. The summed E-state index contributed by atoms with van der Waals surface area (Å²) < 4.78 is 18.3. The number of benzene rings is 1. The highest BCUT2D eigenvalue weighted by Crippen LogP contribution is 2.19. The van der Waals surface area contributed by atoms with E-state index in [1.54, 1.807) is 19.1 Å². The van der Waals surface area contributed by atoms with Gasteiger partial charge in [0.25, 0.3) is 0 Å². The number of aryl methyl sites for hydroxylation is 1. The third-order valence-electron chi connectivity index (χ3n) is 2.44. The van der Waals surface area contributed by atoms with Gasteiger partial charge in [-0.3, -0.25) is 0 Å². The van der Waals surface area contributed by atoms with Crippen LogP contribution in [0.1, 0.15) is 21.8 Å². The number of carbonyl (C=O) groups is 1. The third-order valence-corrected chi connectivity index (χ3v) is 2.44. The predicted octanol–water partition coefficient (Wildman–Crippen LogP) is 2.43. The van der Waals surface area contributed by atoms with Crippen LogP contribution in [0, 0.1) is 12.7 Å². The van der Waals surface area contributed by atoms with Gasteiger partial charge in [0.05, 0.1) is 12.2 Å². The smallest absolute Gasteiger partial charge is 0.358 e. The van der Waals surface area contributed by atoms with Crippen LogP contribution in [-0.4, -0.2) is 16.2 Å². The molecular formula is C12H11FN2O3. The van der Waals surface area contributed by atoms with Crippen molar-refractivity contribution in [2.24, 2.45) is 0 Å². The molecule has 0 saturated heterocycles. The van der Waals surface area contributed by atoms with E-state index in [-0.39, 0.29) is 18.1 Å². The van der Waals surface area contributed by atoms with Gasteiger partial charge in [0.1, 0.15) is 5.82 Å². The van der Waals surface area contributed by atoms with Crippen LogP contribution in [-0.2, 0) is 6.54 Å². The van der Waals surface area contributed by atoms with Crippen molar-refractivity contribution in [3.8, 4) is 0 Å². The fraction of sp³-hybridized carbons (Fsp3) is 0.167. The van der Waals surface area contributed by atoms with Gasteiger partial charge in [-0.1, -0.05) is 17.3 Å². The Morgan fingerprint density at radius 1 is 1.56 bits per heavy atom. The maximum Gasteiger partial charge on any atom is 0.358 e. The average Bonchev–Trinajstić information content (AvgIpc) is 2.77. The fourth-order valence-electron chi connectivity index (χ4n) is 1.53. The van der Waals surface area contributed by atoms with Crippen molar-refractivity contribution in [3.63, 3.8) is 0 Å². The van der Waals surface area contributed by atoms with Crippen LogP contribution in [0.3, 0.4) is 0 Å². The number of para-hydroxylation sites is 1. The Balaban J connectivity index is 2.09. The van der Waals surface area contributed by atoms with Gasteiger partial charge in [-0.25, -0.2) is 9.18 Å². The Morgan fingerprint density at radius 3 is 2.94 bits per heavy atom. The first-order valence-corrected chi connectivity index (χ1v) is 5.26. The molecule has 0 aliphatic carbocycles. The number of nitrogens with one attached hydrogen (secondary N) is 1. The molecule has 0 unspecified atom stereocenters. The molecule has 0 bridgehead atoms. The van der Waals surface area contributed by atoms with E-state index in [1.807, 2.05) is 0 Å². The van der Waals surface area contributed by atoms with Gasteiger partial charge in [-0.2, -0.15) is 0 Å². The van der Waals surface area contributed by atoms with Gasteiger partial charge < -0.3 is 14.9 Å². The van der Waals surface area contributed by atoms with Gasteiger partial charge in [-0.05, 0) is 18.6 Å². The van der Waals surface area contributed by atoms with Gasteiger partial charge in [0.15, 0.2) is 11.5 Å². The number of aromatic carboxylic acids is 1. The molecule has 0 aliphatic heterocycles. The molecule has 2 aromatic rings. The van der Waals surface area contributed by atoms with Gasteiger partial charge in [-0.15, -0.1) is 0 Å². The number of anilines is 1. The zero-order valence-corrected chi connectivity index (χ0v) is 9.61. The Kier molecular flexibility index (Phi) is 3.27. The molecule has 94 valence electrons. The molecule has 6 heteroatoms. The highest BCUT2D eigenvalue weighted by Gasteiger charge is 2.11. The van der Waals surface area contributed by atoms with Gasteiger partial charge in [0.2, 0.25) is 0 Å². The lowest BCUT2D eigenvalue weighted by atomic mass is 10.2. The van der Waals surface area contributed by atoms with Crippen molar-refractivity contribution in [2.75, 3.05) is 5.32 Å². The van der Waals surface area contributed by atoms with E-state index in [4.69, 9.17) is 9.63 Å². The number of carboxylic acid groups (broad SMARTS) is 1. The summed E-state index contributed by atoms with van der Waals surface area (Å²) in [6.45, 7) is 1.94. The van der Waals surface area contributed by atoms with E-state index in [9.17, 15) is 9.18 Å². The monoisotopic (exact) mass is 250 g/mol. The average molecular weight is 250 g/mol. The summed E-state index contributed by atoms with van der Waals surface area (Å²) >= 11 is 0. The van der Waals surface area contributed by atoms with Crippen LogP contribution < -0.4 is 5.32 Å². The lowest BCUT2D eigenvalue weighted by Crippen LogP contribution is -2.02. The van der Waals surface area contributed by atoms with Crippen LogP contribution in [0.15, 0.2) is 28.8 Å². The third kappa shape index (κ3) is 2.48. The number of carboxylic acids is 1. The first kappa shape index (κ1) is 12.1. The first-order chi connectivity index (χ1) is 8.58. The SMILES string of the molecule is Cc1cccc(F)c1NCc1cc(C(=O)O)no1. The molecule has 0 spiro atoms. The summed E-state index contributed by atoms with van der Waals surface area (Å²) in [7, 11) is 0. The molecule has 1 aromatic carbocycles. The number of nitrogens with zero attached hydrogens (tertiary/aromatic N) is 1. The minimum absolute atomic E-state index is 0.169. The largest absolute Gasteiger partial charge is 0.476 e. The minimum atomic E-state index is -1.16. The molecule has 18 heavy (non-hydrogen) atoms. The normalized spacial score (nSPS) is 10.3. The molecule has 0 aliphatic rings. The molecule has 1 aromatic heterocycles. The summed E-state index contributed by atoms with van der Waals surface area (Å²) in [5.41, 5.74) is 0.954. The second kappa shape index (κ2) is 4.87. The number of halogens is 1. The molecule has 0 radical (unpaired) electrons. The van der Waals surface area contributed by atoms with E-state index in [0.717, 1.165) is 5.56 Å². The van der Waals surface area contributed by atoms with E-state index < -0.39 is 5.97 Å². The Labute approximate surface area is 102 Å². The van der Waals surface area contributed by atoms with Gasteiger partial charge >= 0.3 is 5.97 Å². The van der Waals surface area contributed by atoms with Crippen molar-refractivity contribution in [2.45, 2.75) is 13.5 Å². The summed E-state index contributed by atoms with van der Waals surface area (Å²) in [6, 6.07) is 6.03. The molecule has 5 nitrogen and oxygen atoms in total. The molecule has 0 atom stereocenters. The number of rotatable bonds is 4. The fourth-order valence-corrected chi connectivity index (χ4v) is 1.53. The van der Waals surface area contributed by atoms with Crippen molar-refractivity contribution < 1.29 is 18.8 Å². The topological polar surface area (TPSA) is 75.4 Å². The highest BCUT2D eigenvalue weighted by molar-refractivity contribution is 5.85. The molecule has 1 heterocycles. The summed E-state index contributed by atoms with van der Waals surface area (Å²) in [5, 5.41) is 14.9. The standard InChI is InChI=1S/C12H11FN2O3/c1-7-3-2-4-9(13)11(7)14-6-8-5-10(12(16)17)15-18-8/h2-5,14H,6H2,1H3,(H,16,17). The number of hydrogen-bond donors (Lipinski definition) is 2. The summed E-state index contributed by atoms with van der Waals surface area (Å²) in [5.74, 6) is -1.20. The van der Waals surface area contributed by atoms with Crippen LogP contribution in [0.4, 0.5) is 10.1 Å². The second-order valence-corrected chi connectivity index (χ2v) is 3.77. The second-order valence-electron chi connectivity index (χ2n) is 3.77. The summed E-state index contributed by atoms with van der Waals surface area (Å²) in [6.07, 6.45) is 0. The van der Waals surface area contributed by atoms with Crippen LogP contribution in [0.2, 0.25) is 0 Å². The maximum atomic E-state index is 13.5. The van der Waals surface area contributed by atoms with Crippen LogP contribution >= 0.6 is 0 Å². The summed E-state index contributed by atoms with van der Waals surface area (Å²) in [4.78, 5) is 10.6. The van der Waals surface area contributed by atoms with Crippen molar-refractivity contribution in [3.05, 3.63) is 47.1 Å². The predicted molar refractivity (Wildman–Crippen MR) is 61.9 cm³/mol. The van der Waals surface area contributed by atoms with E-state index in [2.05, 4.69) is 10.5 Å². The lowest BCUT2D eigenvalue weighted by Gasteiger charge is -2.08. The first-order valence-electron chi connectivity index (χ1n) is 5.26. The minimum Gasteiger partial charge on any atom is -0.476 e. The number of hydrogen-bond acceptors (Lipinski definition) is 4. The quantitative estimate of drug-likeness (QED) is 0.871. The molecule has 0 saturated carbocycles. The van der Waals surface area contributed by atoms with E-state index >= 15 is 0 Å². The molecule has 0 fully saturated rings. The highest BCUT2D eigenvalue weighted by atomic mass is 19.1. The lowest BCUT2D eigenvalue weighted by molar-refractivity contribution is 0.0685. The Morgan fingerprint density at radius 2 is 2.33 bits per heavy atom. The Bertz CT molecular complexity index is 560. The van der Waals surface area contributed by atoms with E-state index in [1.165, 1.54) is 12.1 Å². The van der Waals surface area contributed by atoms with Crippen LogP contribution in [0.25, 0.3) is 0 Å². The van der Waals surface area contributed by atoms with Gasteiger partial charge in [0, 0.05) is 6.07 Å². The number of aromatic nitrogens is 1. The van der Waals surface area contributed by atoms with Crippen LogP contribution in [0.5, 0.6) is 0 Å². The molecule has 2 N–H and O–H groups in total. The van der Waals surface area contributed by atoms with Crippen molar-refractivity contribution in [1.29, 1.82) is 0 Å². The van der Waals surface area contributed by atoms with Crippen molar-refractivity contribution >= 4 is 11.7 Å². The molecule has 0 amide bonds. The molecular weight excluding hydrogens is 239 g/mol.